The Morgan fingerprint density at radius 1 is 1.09 bits per heavy atom. The molecule has 3 aromatic rings. The number of carbonyl (C=O) groups excluding carboxylic acids is 2. The lowest BCUT2D eigenvalue weighted by atomic mass is 9.93. The van der Waals surface area contributed by atoms with Gasteiger partial charge in [-0.05, 0) is 55.2 Å². The smallest absolute Gasteiger partial charge is 0.322 e. The lowest BCUT2D eigenvalue weighted by molar-refractivity contribution is -0.137. The third-order valence-electron chi connectivity index (χ3n) is 5.94. The van der Waals surface area contributed by atoms with E-state index in [1.54, 1.807) is 18.3 Å². The van der Waals surface area contributed by atoms with Crippen LogP contribution in [0.3, 0.4) is 0 Å². The Morgan fingerprint density at radius 3 is 2.67 bits per heavy atom. The largest absolute Gasteiger partial charge is 0.416 e. The van der Waals surface area contributed by atoms with Gasteiger partial charge in [-0.15, -0.1) is 0 Å². The third-order valence-corrected chi connectivity index (χ3v) is 5.94. The van der Waals surface area contributed by atoms with Gasteiger partial charge in [0.1, 0.15) is 0 Å². The van der Waals surface area contributed by atoms with Crippen LogP contribution in [0.5, 0.6) is 0 Å². The normalized spacial score (nSPS) is 17.2. The van der Waals surface area contributed by atoms with Crippen molar-refractivity contribution in [1.82, 2.24) is 4.98 Å². The predicted octanol–water partition coefficient (Wildman–Crippen LogP) is 5.42. The summed E-state index contributed by atoms with van der Waals surface area (Å²) in [6.45, 7) is 0.239. The number of aromatic nitrogens is 1. The van der Waals surface area contributed by atoms with Gasteiger partial charge in [-0.3, -0.25) is 14.6 Å². The molecule has 2 amide bonds. The zero-order valence-electron chi connectivity index (χ0n) is 17.5. The molecule has 5 rings (SSSR count). The fraction of sp³-hybridized carbons (Fsp3) is 0.240. The van der Waals surface area contributed by atoms with Crippen molar-refractivity contribution in [2.45, 2.75) is 25.4 Å². The van der Waals surface area contributed by atoms with E-state index in [0.29, 0.717) is 23.2 Å². The van der Waals surface area contributed by atoms with E-state index in [1.165, 1.54) is 17.0 Å². The predicted molar refractivity (Wildman–Crippen MR) is 119 cm³/mol. The molecule has 1 saturated carbocycles. The molecule has 1 aliphatic carbocycles. The minimum absolute atomic E-state index is 0.122. The molecule has 5 nitrogen and oxygen atoms in total. The molecule has 1 aromatic heterocycles. The van der Waals surface area contributed by atoms with Crippen LogP contribution in [0.2, 0.25) is 0 Å². The van der Waals surface area contributed by atoms with E-state index in [1.807, 2.05) is 18.2 Å². The number of hydrogen-bond donors (Lipinski definition) is 1. The molecule has 0 atom stereocenters. The number of pyridine rings is 1. The van der Waals surface area contributed by atoms with Gasteiger partial charge < -0.3 is 10.2 Å². The highest BCUT2D eigenvalue weighted by Gasteiger charge is 2.38. The molecule has 0 bridgehead atoms. The number of amides is 2. The molecule has 1 N–H and O–H groups in total. The van der Waals surface area contributed by atoms with Gasteiger partial charge in [-0.2, -0.15) is 13.2 Å². The van der Waals surface area contributed by atoms with Gasteiger partial charge in [-0.25, -0.2) is 0 Å². The van der Waals surface area contributed by atoms with Gasteiger partial charge in [0.15, 0.2) is 0 Å². The van der Waals surface area contributed by atoms with E-state index in [0.717, 1.165) is 35.9 Å². The number of halogens is 3. The Bertz CT molecular complexity index is 1300. The molecule has 33 heavy (non-hydrogen) atoms. The summed E-state index contributed by atoms with van der Waals surface area (Å²) in [4.78, 5) is 31.1. The molecule has 0 saturated heterocycles. The summed E-state index contributed by atoms with van der Waals surface area (Å²) in [5, 5.41) is 3.73. The van der Waals surface area contributed by atoms with Gasteiger partial charge in [0, 0.05) is 41.4 Å². The Morgan fingerprint density at radius 2 is 1.91 bits per heavy atom. The highest BCUT2D eigenvalue weighted by molar-refractivity contribution is 6.07. The summed E-state index contributed by atoms with van der Waals surface area (Å²) < 4.78 is 40.0. The minimum atomic E-state index is -4.52. The summed E-state index contributed by atoms with van der Waals surface area (Å²) in [6.07, 6.45) is 0.437. The van der Waals surface area contributed by atoms with Crippen molar-refractivity contribution in [2.75, 3.05) is 16.8 Å². The Kier molecular flexibility index (Phi) is 5.15. The lowest BCUT2D eigenvalue weighted by Gasteiger charge is -2.32. The summed E-state index contributed by atoms with van der Waals surface area (Å²) >= 11 is 0. The average Bonchev–Trinajstić information content (AvgIpc) is 3.63. The maximum Gasteiger partial charge on any atom is 0.416 e. The summed E-state index contributed by atoms with van der Waals surface area (Å²) in [5.41, 5.74) is 1.76. The van der Waals surface area contributed by atoms with Crippen LogP contribution in [-0.4, -0.2) is 23.3 Å². The zero-order valence-corrected chi connectivity index (χ0v) is 17.5. The lowest BCUT2D eigenvalue weighted by Crippen LogP contribution is -2.36. The first-order valence-corrected chi connectivity index (χ1v) is 10.7. The van der Waals surface area contributed by atoms with E-state index in [4.69, 9.17) is 0 Å². The van der Waals surface area contributed by atoms with Crippen molar-refractivity contribution in [1.29, 1.82) is 0 Å². The Balaban J connectivity index is 1.45. The minimum Gasteiger partial charge on any atom is -0.322 e. The molecule has 8 heteroatoms. The number of anilines is 2. The maximum atomic E-state index is 13.3. The second kappa shape index (κ2) is 8.03. The second-order valence-electron chi connectivity index (χ2n) is 8.31. The van der Waals surface area contributed by atoms with Crippen LogP contribution < -0.4 is 10.2 Å². The highest BCUT2D eigenvalue weighted by atomic mass is 19.4. The van der Waals surface area contributed by atoms with E-state index in [2.05, 4.69) is 10.3 Å². The molecule has 0 radical (unpaired) electrons. The summed E-state index contributed by atoms with van der Waals surface area (Å²) in [6, 6.07) is 12.5. The topological polar surface area (TPSA) is 62.3 Å². The van der Waals surface area contributed by atoms with E-state index in [9.17, 15) is 22.8 Å². The highest BCUT2D eigenvalue weighted by Crippen LogP contribution is 2.42. The van der Waals surface area contributed by atoms with Crippen LogP contribution in [0.15, 0.2) is 60.8 Å². The summed E-state index contributed by atoms with van der Waals surface area (Å²) in [5.74, 6) is -0.668. The molecular weight excluding hydrogens is 431 g/mol. The molecule has 2 aromatic carbocycles. The zero-order chi connectivity index (χ0) is 23.2. The number of nitrogens with zero attached hydrogens (tertiary/aromatic N) is 2. The number of hydrogen-bond acceptors (Lipinski definition) is 3. The van der Waals surface area contributed by atoms with Crippen molar-refractivity contribution in [3.8, 4) is 0 Å². The number of alkyl halides is 3. The van der Waals surface area contributed by atoms with Crippen LogP contribution in [0.25, 0.3) is 16.5 Å². The van der Waals surface area contributed by atoms with Crippen molar-refractivity contribution >= 4 is 39.7 Å². The second-order valence-corrected chi connectivity index (χ2v) is 8.31. The molecule has 2 aliphatic rings. The number of fused-ring (bicyclic) bond motifs is 2. The van der Waals surface area contributed by atoms with E-state index in [-0.39, 0.29) is 24.1 Å². The van der Waals surface area contributed by atoms with Crippen molar-refractivity contribution in [3.63, 3.8) is 0 Å². The van der Waals surface area contributed by atoms with E-state index >= 15 is 0 Å². The van der Waals surface area contributed by atoms with Crippen LogP contribution in [-0.2, 0) is 15.8 Å². The average molecular weight is 451 g/mol. The van der Waals surface area contributed by atoms with Gasteiger partial charge in [-0.1, -0.05) is 18.2 Å². The number of nitrogens with one attached hydrogen (secondary N) is 1. The fourth-order valence-electron chi connectivity index (χ4n) is 4.10. The Labute approximate surface area is 187 Å². The standard InChI is InChI=1S/C25H20F3N3O2/c26-25(27,28)18-6-8-20-17(9-11-31(22(20)13-18)24(33)16-3-4-16)12-23(32)30-19-7-5-15-2-1-10-29-21(15)14-19/h1-2,5-8,10,12-14,16H,3-4,9,11H2,(H,30,32)/b17-12+. The van der Waals surface area contributed by atoms with Crippen LogP contribution in [0.1, 0.15) is 30.4 Å². The first-order chi connectivity index (χ1) is 15.8. The molecule has 0 unspecified atom stereocenters. The molecule has 168 valence electrons. The molecule has 0 spiro atoms. The SMILES string of the molecule is O=C(/C=C1\CCN(C(=O)C2CC2)c2cc(C(F)(F)F)ccc21)Nc1ccc2cccnc2c1. The van der Waals surface area contributed by atoms with E-state index < -0.39 is 17.6 Å². The van der Waals surface area contributed by atoms with Crippen molar-refractivity contribution in [2.24, 2.45) is 5.92 Å². The third kappa shape index (κ3) is 4.33. The Hall–Kier alpha value is -3.68. The monoisotopic (exact) mass is 451 g/mol. The van der Waals surface area contributed by atoms with Crippen LogP contribution in [0, 0.1) is 5.92 Å². The van der Waals surface area contributed by atoms with Crippen LogP contribution in [0.4, 0.5) is 24.5 Å². The molecule has 1 fully saturated rings. The van der Waals surface area contributed by atoms with Crippen molar-refractivity contribution < 1.29 is 22.8 Å². The number of carbonyl (C=O) groups is 2. The fourth-order valence-corrected chi connectivity index (χ4v) is 4.10. The number of benzene rings is 2. The molecule has 1 aliphatic heterocycles. The molecular formula is C25H20F3N3O2. The van der Waals surface area contributed by atoms with Gasteiger partial charge in [0.05, 0.1) is 16.8 Å². The van der Waals surface area contributed by atoms with Crippen molar-refractivity contribution in [3.05, 3.63) is 71.9 Å². The quantitative estimate of drug-likeness (QED) is 0.541. The first kappa shape index (κ1) is 21.2. The summed E-state index contributed by atoms with van der Waals surface area (Å²) in [7, 11) is 0. The molecule has 2 heterocycles. The van der Waals surface area contributed by atoms with Crippen LogP contribution >= 0.6 is 0 Å². The van der Waals surface area contributed by atoms with Gasteiger partial charge >= 0.3 is 6.18 Å². The first-order valence-electron chi connectivity index (χ1n) is 10.7. The van der Waals surface area contributed by atoms with Gasteiger partial charge in [0.2, 0.25) is 11.8 Å². The number of rotatable bonds is 3. The van der Waals surface area contributed by atoms with Gasteiger partial charge in [0.25, 0.3) is 0 Å². The maximum absolute atomic E-state index is 13.3.